The number of hydrogen-bond donors (Lipinski definition) is 1. The average molecular weight is 275 g/mol. The molecule has 0 aliphatic carbocycles. The number of aryl methyl sites for hydroxylation is 1. The highest BCUT2D eigenvalue weighted by Gasteiger charge is 2.27. The Kier molecular flexibility index (Phi) is 5.35. The molecule has 6 heteroatoms. The summed E-state index contributed by atoms with van der Waals surface area (Å²) in [6.07, 6.45) is -4.34. The zero-order valence-electron chi connectivity index (χ0n) is 10.8. The highest BCUT2D eigenvalue weighted by molar-refractivity contribution is 5.95. The zero-order valence-corrected chi connectivity index (χ0v) is 10.8. The van der Waals surface area contributed by atoms with Gasteiger partial charge in [0.05, 0.1) is 6.61 Å². The molecule has 19 heavy (non-hydrogen) atoms. The molecular weight excluding hydrogens is 259 g/mol. The van der Waals surface area contributed by atoms with E-state index in [1.165, 1.54) is 0 Å². The van der Waals surface area contributed by atoms with Gasteiger partial charge in [-0.2, -0.15) is 13.2 Å². The van der Waals surface area contributed by atoms with Crippen molar-refractivity contribution >= 4 is 5.91 Å². The van der Waals surface area contributed by atoms with Crippen LogP contribution < -0.4 is 5.32 Å². The smallest absolute Gasteiger partial charge is 0.370 e. The van der Waals surface area contributed by atoms with Gasteiger partial charge >= 0.3 is 6.18 Å². The van der Waals surface area contributed by atoms with E-state index in [1.807, 2.05) is 19.9 Å². The van der Waals surface area contributed by atoms with Gasteiger partial charge < -0.3 is 10.1 Å². The van der Waals surface area contributed by atoms with Crippen LogP contribution >= 0.6 is 0 Å². The van der Waals surface area contributed by atoms with Gasteiger partial charge in [0.1, 0.15) is 6.61 Å². The molecule has 0 heterocycles. The van der Waals surface area contributed by atoms with Crippen LogP contribution in [0.1, 0.15) is 21.5 Å². The van der Waals surface area contributed by atoms with Crippen LogP contribution in [0.3, 0.4) is 0 Å². The number of amides is 1. The van der Waals surface area contributed by atoms with Crippen molar-refractivity contribution in [1.29, 1.82) is 0 Å². The van der Waals surface area contributed by atoms with E-state index < -0.39 is 12.8 Å². The van der Waals surface area contributed by atoms with Gasteiger partial charge in [-0.3, -0.25) is 4.79 Å². The Hall–Kier alpha value is -1.56. The molecule has 1 aromatic carbocycles. The summed E-state index contributed by atoms with van der Waals surface area (Å²) in [6, 6.07) is 5.32. The van der Waals surface area contributed by atoms with Crippen LogP contribution in [0.25, 0.3) is 0 Å². The fourth-order valence-corrected chi connectivity index (χ4v) is 1.52. The molecule has 1 rings (SSSR count). The zero-order chi connectivity index (χ0) is 14.5. The molecule has 0 aliphatic rings. The topological polar surface area (TPSA) is 38.3 Å². The molecular formula is C13H16F3NO2. The van der Waals surface area contributed by atoms with Crippen molar-refractivity contribution in [2.45, 2.75) is 20.0 Å². The van der Waals surface area contributed by atoms with Crippen LogP contribution in [0.2, 0.25) is 0 Å². The molecule has 0 fully saturated rings. The second-order valence-corrected chi connectivity index (χ2v) is 4.17. The van der Waals surface area contributed by atoms with Gasteiger partial charge in [-0.05, 0) is 31.0 Å². The van der Waals surface area contributed by atoms with Gasteiger partial charge in [0.25, 0.3) is 5.91 Å². The van der Waals surface area contributed by atoms with E-state index in [0.717, 1.165) is 11.1 Å². The van der Waals surface area contributed by atoms with Crippen molar-refractivity contribution in [3.8, 4) is 0 Å². The fourth-order valence-electron chi connectivity index (χ4n) is 1.52. The standard InChI is InChI=1S/C13H16F3NO2/c1-9-4-3-5-11(10(9)2)12(18)17-6-7-19-8-13(14,15)16/h3-5H,6-8H2,1-2H3,(H,17,18). The third-order valence-electron chi connectivity index (χ3n) is 2.65. The maximum Gasteiger partial charge on any atom is 0.411 e. The minimum Gasteiger partial charge on any atom is -0.370 e. The van der Waals surface area contributed by atoms with E-state index in [-0.39, 0.29) is 19.1 Å². The van der Waals surface area contributed by atoms with E-state index >= 15 is 0 Å². The monoisotopic (exact) mass is 275 g/mol. The van der Waals surface area contributed by atoms with Crippen molar-refractivity contribution in [3.05, 3.63) is 34.9 Å². The number of rotatable bonds is 5. The summed E-state index contributed by atoms with van der Waals surface area (Å²) < 4.78 is 39.8. The molecule has 0 aliphatic heterocycles. The lowest BCUT2D eigenvalue weighted by molar-refractivity contribution is -0.173. The minimum atomic E-state index is -4.34. The fraction of sp³-hybridized carbons (Fsp3) is 0.462. The molecule has 0 saturated carbocycles. The molecule has 1 amide bonds. The van der Waals surface area contributed by atoms with Gasteiger partial charge in [0.15, 0.2) is 0 Å². The highest BCUT2D eigenvalue weighted by atomic mass is 19.4. The molecule has 3 nitrogen and oxygen atoms in total. The number of halogens is 3. The number of carbonyl (C=O) groups is 1. The van der Waals surface area contributed by atoms with Crippen LogP contribution in [0.4, 0.5) is 13.2 Å². The van der Waals surface area contributed by atoms with Crippen LogP contribution in [-0.2, 0) is 4.74 Å². The minimum absolute atomic E-state index is 0.0439. The van der Waals surface area contributed by atoms with Gasteiger partial charge in [-0.25, -0.2) is 0 Å². The number of hydrogen-bond acceptors (Lipinski definition) is 2. The third kappa shape index (κ3) is 5.30. The van der Waals surface area contributed by atoms with Gasteiger partial charge in [-0.15, -0.1) is 0 Å². The lowest BCUT2D eigenvalue weighted by atomic mass is 10.0. The van der Waals surface area contributed by atoms with Crippen molar-refractivity contribution < 1.29 is 22.7 Å². The lowest BCUT2D eigenvalue weighted by Gasteiger charge is -2.10. The normalized spacial score (nSPS) is 11.4. The first kappa shape index (κ1) is 15.5. The van der Waals surface area contributed by atoms with Gasteiger partial charge in [-0.1, -0.05) is 12.1 Å². The number of ether oxygens (including phenoxy) is 1. The molecule has 0 radical (unpaired) electrons. The van der Waals surface area contributed by atoms with Crippen molar-refractivity contribution in [2.24, 2.45) is 0 Å². The third-order valence-corrected chi connectivity index (χ3v) is 2.65. The molecule has 1 aromatic rings. The lowest BCUT2D eigenvalue weighted by Crippen LogP contribution is -2.29. The van der Waals surface area contributed by atoms with E-state index in [1.54, 1.807) is 12.1 Å². The molecule has 106 valence electrons. The second kappa shape index (κ2) is 6.56. The first-order valence-corrected chi connectivity index (χ1v) is 5.80. The summed E-state index contributed by atoms with van der Waals surface area (Å²) in [5.74, 6) is -0.309. The Morgan fingerprint density at radius 3 is 2.63 bits per heavy atom. The summed E-state index contributed by atoms with van der Waals surface area (Å²) in [7, 11) is 0. The summed E-state index contributed by atoms with van der Waals surface area (Å²) in [4.78, 5) is 11.8. The van der Waals surface area contributed by atoms with Gasteiger partial charge in [0, 0.05) is 12.1 Å². The van der Waals surface area contributed by atoms with E-state index in [9.17, 15) is 18.0 Å². The van der Waals surface area contributed by atoms with Crippen LogP contribution in [0.5, 0.6) is 0 Å². The Labute approximate surface area is 109 Å². The molecule has 0 spiro atoms. The van der Waals surface area contributed by atoms with E-state index in [4.69, 9.17) is 0 Å². The summed E-state index contributed by atoms with van der Waals surface area (Å²) in [6.45, 7) is 2.29. The molecule has 0 unspecified atom stereocenters. The Balaban J connectivity index is 2.38. The Bertz CT molecular complexity index is 444. The van der Waals surface area contributed by atoms with Crippen LogP contribution in [0, 0.1) is 13.8 Å². The van der Waals surface area contributed by atoms with Crippen molar-refractivity contribution in [2.75, 3.05) is 19.8 Å². The Morgan fingerprint density at radius 2 is 2.00 bits per heavy atom. The quantitative estimate of drug-likeness (QED) is 0.839. The van der Waals surface area contributed by atoms with Gasteiger partial charge in [0.2, 0.25) is 0 Å². The summed E-state index contributed by atoms with van der Waals surface area (Å²) in [5.41, 5.74) is 2.37. The maximum atomic E-state index is 11.8. The molecule has 1 N–H and O–H groups in total. The number of nitrogens with one attached hydrogen (secondary N) is 1. The van der Waals surface area contributed by atoms with E-state index in [2.05, 4.69) is 10.1 Å². The number of alkyl halides is 3. The number of carbonyl (C=O) groups excluding carboxylic acids is 1. The number of benzene rings is 1. The second-order valence-electron chi connectivity index (χ2n) is 4.17. The molecule has 0 atom stereocenters. The molecule has 0 saturated heterocycles. The largest absolute Gasteiger partial charge is 0.411 e. The predicted octanol–water partition coefficient (Wildman–Crippen LogP) is 2.61. The van der Waals surface area contributed by atoms with Crippen molar-refractivity contribution in [1.82, 2.24) is 5.32 Å². The SMILES string of the molecule is Cc1cccc(C(=O)NCCOCC(F)(F)F)c1C. The van der Waals surface area contributed by atoms with Crippen LogP contribution in [0.15, 0.2) is 18.2 Å². The average Bonchev–Trinajstić information content (AvgIpc) is 2.30. The maximum absolute atomic E-state index is 11.8. The highest BCUT2D eigenvalue weighted by Crippen LogP contribution is 2.14. The first-order valence-electron chi connectivity index (χ1n) is 5.80. The Morgan fingerprint density at radius 1 is 1.32 bits per heavy atom. The summed E-state index contributed by atoms with van der Waals surface area (Å²) >= 11 is 0. The van der Waals surface area contributed by atoms with Crippen molar-refractivity contribution in [3.63, 3.8) is 0 Å². The van der Waals surface area contributed by atoms with Crippen LogP contribution in [-0.4, -0.2) is 31.8 Å². The first-order chi connectivity index (χ1) is 8.81. The molecule has 0 bridgehead atoms. The predicted molar refractivity (Wildman–Crippen MR) is 65.1 cm³/mol. The molecule has 0 aromatic heterocycles. The van der Waals surface area contributed by atoms with E-state index in [0.29, 0.717) is 5.56 Å². The summed E-state index contributed by atoms with van der Waals surface area (Å²) in [5, 5.41) is 2.52.